The van der Waals surface area contributed by atoms with E-state index < -0.39 is 0 Å². The van der Waals surface area contributed by atoms with Crippen LogP contribution in [-0.4, -0.2) is 73.9 Å². The van der Waals surface area contributed by atoms with Crippen molar-refractivity contribution in [3.05, 3.63) is 12.2 Å². The number of hydrogen-bond donors (Lipinski definition) is 2. The maximum Gasteiger partial charge on any atom is 0.233 e. The number of fused-ring (bicyclic) bond motifs is 5. The van der Waals surface area contributed by atoms with Crippen molar-refractivity contribution in [3.63, 3.8) is 0 Å². The summed E-state index contributed by atoms with van der Waals surface area (Å²) in [6.45, 7) is 7.32. The van der Waals surface area contributed by atoms with Gasteiger partial charge in [0.1, 0.15) is 0 Å². The lowest BCUT2D eigenvalue weighted by Gasteiger charge is -2.29. The monoisotopic (exact) mass is 415 g/mol. The highest BCUT2D eigenvalue weighted by molar-refractivity contribution is 6.06. The molecule has 3 fully saturated rings. The molecule has 30 heavy (non-hydrogen) atoms. The lowest BCUT2D eigenvalue weighted by molar-refractivity contribution is -0.140. The van der Waals surface area contributed by atoms with E-state index in [1.807, 2.05) is 0 Å². The molecule has 2 bridgehead atoms. The molecular formula is C23H37N5O2. The van der Waals surface area contributed by atoms with Gasteiger partial charge in [-0.3, -0.25) is 19.5 Å². The quantitative estimate of drug-likeness (QED) is 0.206. The number of nitrogens with zero attached hydrogens (tertiary/aromatic N) is 3. The predicted molar refractivity (Wildman–Crippen MR) is 118 cm³/mol. The largest absolute Gasteiger partial charge is 0.357 e. The van der Waals surface area contributed by atoms with Gasteiger partial charge in [0.15, 0.2) is 5.96 Å². The molecule has 1 saturated carbocycles. The minimum absolute atomic E-state index is 0.0500. The first-order chi connectivity index (χ1) is 14.6. The van der Waals surface area contributed by atoms with Crippen LogP contribution in [0.5, 0.6) is 0 Å². The average molecular weight is 416 g/mol. The van der Waals surface area contributed by atoms with Crippen LogP contribution in [0.2, 0.25) is 0 Å². The summed E-state index contributed by atoms with van der Waals surface area (Å²) in [5.41, 5.74) is 0. The standard InChI is InChI=1S/C23H37N5O2/c1-3-24-23(26-11-7-16-8-13-27(2)14-9-16)25-10-4-12-28-21(29)19-17-5-6-18(15-17)20(19)22(28)30/h5-6,16-20H,3-4,7-15H2,1-2H3,(H2,24,25,26). The first kappa shape index (κ1) is 21.3. The Morgan fingerprint density at radius 3 is 2.40 bits per heavy atom. The SMILES string of the molecule is CCNC(=NCCCN1C(=O)C2C3C=CC(C3)C2C1=O)NCCC1CCN(C)CC1. The second-order valence-electron chi connectivity index (χ2n) is 9.40. The molecule has 2 saturated heterocycles. The fourth-order valence-electron chi connectivity index (χ4n) is 5.69. The summed E-state index contributed by atoms with van der Waals surface area (Å²) in [5.74, 6) is 2.13. The topological polar surface area (TPSA) is 77.0 Å². The van der Waals surface area contributed by atoms with Gasteiger partial charge in [-0.05, 0) is 76.9 Å². The van der Waals surface area contributed by atoms with Gasteiger partial charge in [0.2, 0.25) is 11.8 Å². The second kappa shape index (κ2) is 9.50. The van der Waals surface area contributed by atoms with E-state index in [0.717, 1.165) is 31.4 Å². The van der Waals surface area contributed by atoms with Crippen LogP contribution in [0.3, 0.4) is 0 Å². The van der Waals surface area contributed by atoms with Gasteiger partial charge >= 0.3 is 0 Å². The van der Waals surface area contributed by atoms with Crippen molar-refractivity contribution < 1.29 is 9.59 Å². The molecular weight excluding hydrogens is 378 g/mol. The van der Waals surface area contributed by atoms with E-state index in [1.54, 1.807) is 0 Å². The Morgan fingerprint density at radius 1 is 1.10 bits per heavy atom. The summed E-state index contributed by atoms with van der Waals surface area (Å²) in [6.07, 6.45) is 9.72. The van der Waals surface area contributed by atoms with E-state index in [4.69, 9.17) is 0 Å². The van der Waals surface area contributed by atoms with Crippen molar-refractivity contribution in [3.8, 4) is 0 Å². The maximum atomic E-state index is 12.7. The normalized spacial score (nSPS) is 31.7. The second-order valence-corrected chi connectivity index (χ2v) is 9.40. The Balaban J connectivity index is 1.19. The average Bonchev–Trinajstić information content (AvgIpc) is 3.42. The van der Waals surface area contributed by atoms with Crippen LogP contribution in [-0.2, 0) is 9.59 Å². The number of amides is 2. The predicted octanol–water partition coefficient (Wildman–Crippen LogP) is 1.47. The number of imide groups is 1. The molecule has 0 aromatic rings. The number of guanidine groups is 1. The third-order valence-electron chi connectivity index (χ3n) is 7.40. The van der Waals surface area contributed by atoms with Crippen LogP contribution >= 0.6 is 0 Å². The minimum atomic E-state index is -0.0884. The molecule has 2 heterocycles. The Morgan fingerprint density at radius 2 is 1.77 bits per heavy atom. The van der Waals surface area contributed by atoms with Crippen LogP contribution in [0.15, 0.2) is 17.1 Å². The van der Waals surface area contributed by atoms with E-state index in [-0.39, 0.29) is 35.5 Å². The van der Waals surface area contributed by atoms with Crippen molar-refractivity contribution in [2.45, 2.75) is 39.0 Å². The lowest BCUT2D eigenvalue weighted by atomic mass is 9.85. The number of hydrogen-bond acceptors (Lipinski definition) is 4. The number of carbonyl (C=O) groups excluding carboxylic acids is 2. The van der Waals surface area contributed by atoms with Crippen molar-refractivity contribution in [2.24, 2.45) is 34.6 Å². The number of carbonyl (C=O) groups is 2. The number of likely N-dealkylation sites (tertiary alicyclic amines) is 2. The number of allylic oxidation sites excluding steroid dienone is 2. The molecule has 7 nitrogen and oxygen atoms in total. The zero-order valence-corrected chi connectivity index (χ0v) is 18.5. The molecule has 2 N–H and O–H groups in total. The zero-order chi connectivity index (χ0) is 21.1. The van der Waals surface area contributed by atoms with E-state index >= 15 is 0 Å². The maximum absolute atomic E-state index is 12.7. The van der Waals surface area contributed by atoms with Gasteiger partial charge in [-0.15, -0.1) is 0 Å². The van der Waals surface area contributed by atoms with Gasteiger partial charge in [0, 0.05) is 26.2 Å². The molecule has 7 heteroatoms. The Kier molecular flexibility index (Phi) is 6.76. The van der Waals surface area contributed by atoms with Crippen molar-refractivity contribution in [2.75, 3.05) is 46.3 Å². The summed E-state index contributed by atoms with van der Waals surface area (Å²) in [6, 6.07) is 0. The molecule has 0 aromatic carbocycles. The highest BCUT2D eigenvalue weighted by Crippen LogP contribution is 2.52. The Hall–Kier alpha value is -1.89. The third-order valence-corrected chi connectivity index (χ3v) is 7.40. The molecule has 2 aliphatic heterocycles. The van der Waals surface area contributed by atoms with Crippen molar-refractivity contribution in [1.82, 2.24) is 20.4 Å². The first-order valence-electron chi connectivity index (χ1n) is 11.8. The molecule has 0 radical (unpaired) electrons. The fraction of sp³-hybridized carbons (Fsp3) is 0.783. The smallest absolute Gasteiger partial charge is 0.233 e. The summed E-state index contributed by atoms with van der Waals surface area (Å²) in [4.78, 5) is 34.0. The van der Waals surface area contributed by atoms with Crippen LogP contribution in [0.25, 0.3) is 0 Å². The molecule has 2 amide bonds. The number of aliphatic imine (C=N–C) groups is 1. The molecule has 4 aliphatic rings. The first-order valence-corrected chi connectivity index (χ1v) is 11.8. The van der Waals surface area contributed by atoms with Gasteiger partial charge in [0.05, 0.1) is 11.8 Å². The molecule has 4 rings (SSSR count). The molecule has 0 spiro atoms. The van der Waals surface area contributed by atoms with Gasteiger partial charge in [-0.1, -0.05) is 12.2 Å². The van der Waals surface area contributed by atoms with Crippen LogP contribution in [0, 0.1) is 29.6 Å². The van der Waals surface area contributed by atoms with E-state index in [1.165, 1.54) is 37.3 Å². The van der Waals surface area contributed by atoms with Crippen molar-refractivity contribution in [1.29, 1.82) is 0 Å². The third kappa shape index (κ3) is 4.41. The van der Waals surface area contributed by atoms with E-state index in [9.17, 15) is 9.59 Å². The van der Waals surface area contributed by atoms with Gasteiger partial charge in [0.25, 0.3) is 0 Å². The highest BCUT2D eigenvalue weighted by atomic mass is 16.2. The summed E-state index contributed by atoms with van der Waals surface area (Å²) in [7, 11) is 2.20. The summed E-state index contributed by atoms with van der Waals surface area (Å²) >= 11 is 0. The number of rotatable bonds is 8. The number of nitrogens with one attached hydrogen (secondary N) is 2. The van der Waals surface area contributed by atoms with Gasteiger partial charge in [-0.2, -0.15) is 0 Å². The summed E-state index contributed by atoms with van der Waals surface area (Å²) in [5, 5.41) is 6.75. The highest BCUT2D eigenvalue weighted by Gasteiger charge is 2.58. The molecule has 4 atom stereocenters. The van der Waals surface area contributed by atoms with Gasteiger partial charge < -0.3 is 15.5 Å². The molecule has 0 aromatic heterocycles. The van der Waals surface area contributed by atoms with Crippen molar-refractivity contribution >= 4 is 17.8 Å². The van der Waals surface area contributed by atoms with Gasteiger partial charge in [-0.25, -0.2) is 0 Å². The molecule has 166 valence electrons. The van der Waals surface area contributed by atoms with Crippen LogP contribution in [0.1, 0.15) is 39.0 Å². The number of piperidine rings is 1. The summed E-state index contributed by atoms with van der Waals surface area (Å²) < 4.78 is 0. The fourth-order valence-corrected chi connectivity index (χ4v) is 5.69. The molecule has 2 aliphatic carbocycles. The van der Waals surface area contributed by atoms with Crippen LogP contribution < -0.4 is 10.6 Å². The Bertz CT molecular complexity index is 668. The Labute approximate surface area is 180 Å². The van der Waals surface area contributed by atoms with E-state index in [0.29, 0.717) is 19.5 Å². The lowest BCUT2D eigenvalue weighted by Crippen LogP contribution is -2.39. The minimum Gasteiger partial charge on any atom is -0.357 e. The van der Waals surface area contributed by atoms with Crippen LogP contribution in [0.4, 0.5) is 0 Å². The molecule has 4 unspecified atom stereocenters. The van der Waals surface area contributed by atoms with E-state index in [2.05, 4.69) is 46.6 Å². The zero-order valence-electron chi connectivity index (χ0n) is 18.5.